The average molecular weight is 218 g/mol. The zero-order chi connectivity index (χ0) is 11.4. The first-order valence-electron chi connectivity index (χ1n) is 5.75. The minimum atomic E-state index is -1.09. The highest BCUT2D eigenvalue weighted by atomic mass is 16.3. The number of Topliss-reactive ketones (excluding diaryl/α,β-unsaturated/α-hetero) is 1. The molecule has 0 amide bonds. The summed E-state index contributed by atoms with van der Waals surface area (Å²) >= 11 is 0. The lowest BCUT2D eigenvalue weighted by molar-refractivity contribution is 0.0237. The van der Waals surface area contributed by atoms with E-state index in [1.807, 2.05) is 6.07 Å². The average Bonchev–Trinajstić information content (AvgIpc) is 2.39. The number of hydrogen-bond donors (Lipinski definition) is 1. The van der Waals surface area contributed by atoms with Gasteiger partial charge in [-0.1, -0.05) is 30.3 Å². The third-order valence-corrected chi connectivity index (χ3v) is 3.13. The fourth-order valence-electron chi connectivity index (χ4n) is 2.13. The molecule has 1 aromatic carbocycles. The first kappa shape index (κ1) is 11.3. The molecule has 3 heteroatoms. The van der Waals surface area contributed by atoms with E-state index in [1.165, 1.54) is 0 Å². The third-order valence-electron chi connectivity index (χ3n) is 3.13. The number of carbonyl (C=O) groups is 1. The van der Waals surface area contributed by atoms with Gasteiger partial charge in [0.15, 0.2) is 11.9 Å². The van der Waals surface area contributed by atoms with Crippen molar-refractivity contribution in [3.8, 4) is 0 Å². The molecule has 1 saturated heterocycles. The second kappa shape index (κ2) is 5.23. The molecule has 85 valence electrons. The Kier molecular flexibility index (Phi) is 3.70. The van der Waals surface area contributed by atoms with E-state index in [0.717, 1.165) is 25.9 Å². The van der Waals surface area contributed by atoms with Gasteiger partial charge in [-0.2, -0.15) is 0 Å². The summed E-state index contributed by atoms with van der Waals surface area (Å²) in [6.07, 6.45) is 0.531. The maximum absolute atomic E-state index is 12.0. The lowest BCUT2D eigenvalue weighted by atomic mass is 9.88. The van der Waals surface area contributed by atoms with Gasteiger partial charge in [0.05, 0.1) is 0 Å². The number of carbonyl (C=O) groups excluding carboxylic acids is 1. The van der Waals surface area contributed by atoms with Crippen LogP contribution in [0.4, 0.5) is 0 Å². The number of rotatable bonds is 3. The quantitative estimate of drug-likeness (QED) is 0.784. The molecule has 1 aliphatic rings. The summed E-state index contributed by atoms with van der Waals surface area (Å²) in [7, 11) is 0. The first-order chi connectivity index (χ1) is 7.79. The van der Waals surface area contributed by atoms with Crippen molar-refractivity contribution in [2.45, 2.75) is 18.9 Å². The molecule has 0 bridgehead atoms. The molecule has 16 heavy (non-hydrogen) atoms. The van der Waals surface area contributed by atoms with Crippen LogP contribution in [0.2, 0.25) is 0 Å². The summed E-state index contributed by atoms with van der Waals surface area (Å²) in [4.78, 5) is 11.9. The molecule has 1 fully saturated rings. The summed E-state index contributed by atoms with van der Waals surface area (Å²) in [5.41, 5.74) is 0.543. The standard InChI is InChI=1S/C13H16NO2/c15-12(10-4-2-1-3-5-10)13(16)11-6-8-14-9-7-11/h1-5,11,13-14H,6-9H2. The molecular formula is C13H16NO2. The zero-order valence-corrected chi connectivity index (χ0v) is 9.19. The summed E-state index contributed by atoms with van der Waals surface area (Å²) in [5.74, 6) is -0.263. The van der Waals surface area contributed by atoms with Crippen LogP contribution in [0.1, 0.15) is 23.2 Å². The van der Waals surface area contributed by atoms with Crippen LogP contribution >= 0.6 is 0 Å². The zero-order valence-electron chi connectivity index (χ0n) is 9.19. The van der Waals surface area contributed by atoms with Crippen LogP contribution in [0.15, 0.2) is 30.3 Å². The molecule has 0 aromatic heterocycles. The Morgan fingerprint density at radius 1 is 1.19 bits per heavy atom. The molecule has 0 spiro atoms. The Bertz CT molecular complexity index is 344. The van der Waals surface area contributed by atoms with Crippen LogP contribution < -0.4 is 5.32 Å². The summed E-state index contributed by atoms with van der Waals surface area (Å²) < 4.78 is 0. The van der Waals surface area contributed by atoms with E-state index in [2.05, 4.69) is 5.32 Å². The topological polar surface area (TPSA) is 49.0 Å². The van der Waals surface area contributed by atoms with Crippen molar-refractivity contribution in [3.05, 3.63) is 35.9 Å². The highest BCUT2D eigenvalue weighted by molar-refractivity contribution is 5.99. The van der Waals surface area contributed by atoms with Gasteiger partial charge in [0, 0.05) is 5.56 Å². The van der Waals surface area contributed by atoms with Crippen LogP contribution in [0.25, 0.3) is 0 Å². The molecule has 1 heterocycles. The summed E-state index contributed by atoms with van der Waals surface area (Å²) in [6, 6.07) is 8.87. The van der Waals surface area contributed by atoms with Gasteiger partial charge in [0.25, 0.3) is 0 Å². The van der Waals surface area contributed by atoms with Gasteiger partial charge in [-0.3, -0.25) is 4.79 Å². The highest BCUT2D eigenvalue weighted by Crippen LogP contribution is 2.20. The minimum Gasteiger partial charge on any atom is -0.317 e. The van der Waals surface area contributed by atoms with Crippen molar-refractivity contribution in [1.82, 2.24) is 5.32 Å². The molecule has 3 nitrogen and oxygen atoms in total. The normalized spacial score (nSPS) is 19.3. The Morgan fingerprint density at radius 2 is 1.81 bits per heavy atom. The molecule has 1 radical (unpaired) electrons. The molecule has 1 aliphatic heterocycles. The van der Waals surface area contributed by atoms with Gasteiger partial charge in [0.1, 0.15) is 0 Å². The third kappa shape index (κ3) is 2.49. The molecule has 0 aliphatic carbocycles. The molecule has 1 atom stereocenters. The minimum absolute atomic E-state index is 0.00560. The maximum atomic E-state index is 12.0. The predicted molar refractivity (Wildman–Crippen MR) is 60.8 cm³/mol. The van der Waals surface area contributed by atoms with Crippen molar-refractivity contribution >= 4 is 5.78 Å². The van der Waals surface area contributed by atoms with Crippen LogP contribution in [0, 0.1) is 5.92 Å². The smallest absolute Gasteiger partial charge is 0.195 e. The second-order valence-corrected chi connectivity index (χ2v) is 4.24. The van der Waals surface area contributed by atoms with Crippen LogP contribution in [-0.4, -0.2) is 25.0 Å². The fraction of sp³-hybridized carbons (Fsp3) is 0.462. The fourth-order valence-corrected chi connectivity index (χ4v) is 2.13. The lowest BCUT2D eigenvalue weighted by Gasteiger charge is -2.25. The Balaban J connectivity index is 2.04. The van der Waals surface area contributed by atoms with Crippen molar-refractivity contribution < 1.29 is 9.90 Å². The van der Waals surface area contributed by atoms with Crippen LogP contribution in [0.3, 0.4) is 0 Å². The first-order valence-corrected chi connectivity index (χ1v) is 5.75. The Hall–Kier alpha value is -1.19. The van der Waals surface area contributed by atoms with E-state index < -0.39 is 6.10 Å². The van der Waals surface area contributed by atoms with Crippen molar-refractivity contribution in [1.29, 1.82) is 0 Å². The van der Waals surface area contributed by atoms with Gasteiger partial charge in [-0.05, 0) is 31.8 Å². The van der Waals surface area contributed by atoms with E-state index in [9.17, 15) is 9.90 Å². The number of ketones is 1. The molecule has 2 rings (SSSR count). The van der Waals surface area contributed by atoms with Crippen molar-refractivity contribution in [2.75, 3.05) is 13.1 Å². The SMILES string of the molecule is [O]C(C(=O)c1ccccc1)C1CCNCC1. The molecule has 1 aromatic rings. The van der Waals surface area contributed by atoms with Gasteiger partial charge in [0.2, 0.25) is 0 Å². The molecule has 1 unspecified atom stereocenters. The van der Waals surface area contributed by atoms with Crippen LogP contribution in [-0.2, 0) is 5.11 Å². The van der Waals surface area contributed by atoms with Gasteiger partial charge >= 0.3 is 0 Å². The predicted octanol–water partition coefficient (Wildman–Crippen LogP) is 1.67. The van der Waals surface area contributed by atoms with Gasteiger partial charge < -0.3 is 5.32 Å². The molecule has 1 N–H and O–H groups in total. The lowest BCUT2D eigenvalue weighted by Crippen LogP contribution is -2.37. The van der Waals surface area contributed by atoms with E-state index >= 15 is 0 Å². The van der Waals surface area contributed by atoms with Crippen molar-refractivity contribution in [2.24, 2.45) is 5.92 Å². The van der Waals surface area contributed by atoms with Crippen LogP contribution in [0.5, 0.6) is 0 Å². The number of piperidine rings is 1. The van der Waals surface area contributed by atoms with Gasteiger partial charge in [-0.15, -0.1) is 0 Å². The van der Waals surface area contributed by atoms with Gasteiger partial charge in [-0.25, -0.2) is 5.11 Å². The number of hydrogen-bond acceptors (Lipinski definition) is 2. The largest absolute Gasteiger partial charge is 0.317 e. The Morgan fingerprint density at radius 3 is 2.44 bits per heavy atom. The number of benzene rings is 1. The summed E-state index contributed by atoms with van der Waals surface area (Å²) in [5, 5.41) is 15.2. The van der Waals surface area contributed by atoms with E-state index in [1.54, 1.807) is 24.3 Å². The Labute approximate surface area is 95.5 Å². The van der Waals surface area contributed by atoms with Crippen molar-refractivity contribution in [3.63, 3.8) is 0 Å². The van der Waals surface area contributed by atoms with E-state index in [4.69, 9.17) is 0 Å². The monoisotopic (exact) mass is 218 g/mol. The summed E-state index contributed by atoms with van der Waals surface area (Å²) in [6.45, 7) is 1.71. The van der Waals surface area contributed by atoms with E-state index in [-0.39, 0.29) is 11.7 Å². The maximum Gasteiger partial charge on any atom is 0.195 e. The second-order valence-electron chi connectivity index (χ2n) is 4.24. The molecule has 0 saturated carbocycles. The highest BCUT2D eigenvalue weighted by Gasteiger charge is 2.29. The molecular weight excluding hydrogens is 202 g/mol. The number of nitrogens with one attached hydrogen (secondary N) is 1. The van der Waals surface area contributed by atoms with E-state index in [0.29, 0.717) is 5.56 Å².